The summed E-state index contributed by atoms with van der Waals surface area (Å²) in [6, 6.07) is 7.86. The first kappa shape index (κ1) is 27.8. The lowest BCUT2D eigenvalue weighted by atomic mass is 9.82. The maximum atomic E-state index is 14.1. The number of hydrogen-bond donors (Lipinski definition) is 1. The molecule has 37 heavy (non-hydrogen) atoms. The Hall–Kier alpha value is -2.26. The zero-order valence-corrected chi connectivity index (χ0v) is 23.1. The molecule has 8 nitrogen and oxygen atoms in total. The van der Waals surface area contributed by atoms with Gasteiger partial charge in [-0.05, 0) is 37.2 Å². The largest absolute Gasteiger partial charge is 0.344 e. The first-order chi connectivity index (χ1) is 17.6. The molecule has 1 saturated carbocycles. The number of rotatable bonds is 9. The van der Waals surface area contributed by atoms with Gasteiger partial charge in [0, 0.05) is 31.5 Å². The number of sulfonamides is 1. The molecule has 0 bridgehead atoms. The average molecular weight is 532 g/mol. The highest BCUT2D eigenvalue weighted by atomic mass is 32.2. The quantitative estimate of drug-likeness (QED) is 0.528. The van der Waals surface area contributed by atoms with Crippen molar-refractivity contribution >= 4 is 27.6 Å². The summed E-state index contributed by atoms with van der Waals surface area (Å²) in [5.74, 6) is -1.07. The van der Waals surface area contributed by atoms with Crippen molar-refractivity contribution in [1.29, 1.82) is 0 Å². The number of amides is 2. The van der Waals surface area contributed by atoms with Gasteiger partial charge in [-0.1, -0.05) is 63.4 Å². The molecule has 2 heterocycles. The fraction of sp³-hybridized carbons (Fsp3) is 0.679. The van der Waals surface area contributed by atoms with E-state index < -0.39 is 34.1 Å². The van der Waals surface area contributed by atoms with Crippen molar-refractivity contribution in [2.45, 2.75) is 83.3 Å². The van der Waals surface area contributed by atoms with E-state index in [1.54, 1.807) is 4.90 Å². The molecule has 9 heteroatoms. The molecule has 5 atom stereocenters. The van der Waals surface area contributed by atoms with Gasteiger partial charge >= 0.3 is 0 Å². The number of ketones is 1. The van der Waals surface area contributed by atoms with Gasteiger partial charge in [-0.15, -0.1) is 0 Å². The normalized spacial score (nSPS) is 26.5. The van der Waals surface area contributed by atoms with Gasteiger partial charge in [0.05, 0.1) is 18.2 Å². The summed E-state index contributed by atoms with van der Waals surface area (Å²) in [4.78, 5) is 42.3. The number of hydrogen-bond acceptors (Lipinski definition) is 5. The van der Waals surface area contributed by atoms with Crippen LogP contribution in [0.25, 0.3) is 0 Å². The predicted octanol–water partition coefficient (Wildman–Crippen LogP) is 2.77. The van der Waals surface area contributed by atoms with Gasteiger partial charge < -0.3 is 10.2 Å². The van der Waals surface area contributed by atoms with E-state index in [1.165, 1.54) is 10.6 Å². The van der Waals surface area contributed by atoms with Crippen molar-refractivity contribution in [2.24, 2.45) is 17.8 Å². The standard InChI is InChI=1S/C28H41N3O5S/c1-4-19(2)27(33)29-25(21-13-9-6-10-14-21)28(34)30-16-15-23-26(30)22(18-31(23)37(3,35)36)24(32)17-20-11-7-5-8-12-20/h5,7-8,11-12,19,21-23,25-26H,4,6,9-10,13-18H2,1-3H3,(H,29,33)/t19-,22-,23-,25+,26-/m1/s1. The molecule has 0 aromatic heterocycles. The van der Waals surface area contributed by atoms with Gasteiger partial charge in [-0.2, -0.15) is 4.31 Å². The van der Waals surface area contributed by atoms with Crippen LogP contribution in [0.2, 0.25) is 0 Å². The Morgan fingerprint density at radius 1 is 1.05 bits per heavy atom. The van der Waals surface area contributed by atoms with E-state index in [1.807, 2.05) is 44.2 Å². The minimum atomic E-state index is -3.55. The minimum Gasteiger partial charge on any atom is -0.344 e. The van der Waals surface area contributed by atoms with Gasteiger partial charge in [0.2, 0.25) is 21.8 Å². The van der Waals surface area contributed by atoms with Crippen molar-refractivity contribution in [3.8, 4) is 0 Å². The molecule has 204 valence electrons. The Kier molecular flexibility index (Phi) is 8.74. The topological polar surface area (TPSA) is 104 Å². The van der Waals surface area contributed by atoms with Gasteiger partial charge in [0.25, 0.3) is 0 Å². The summed E-state index contributed by atoms with van der Waals surface area (Å²) < 4.78 is 26.8. The van der Waals surface area contributed by atoms with Crippen LogP contribution in [0.5, 0.6) is 0 Å². The second kappa shape index (κ2) is 11.6. The number of carbonyl (C=O) groups excluding carboxylic acids is 3. The Morgan fingerprint density at radius 3 is 2.35 bits per heavy atom. The zero-order chi connectivity index (χ0) is 26.7. The second-order valence-corrected chi connectivity index (χ2v) is 13.1. The Morgan fingerprint density at radius 2 is 1.73 bits per heavy atom. The van der Waals surface area contributed by atoms with Crippen molar-refractivity contribution in [3.05, 3.63) is 35.9 Å². The van der Waals surface area contributed by atoms with Gasteiger partial charge in [0.1, 0.15) is 11.8 Å². The van der Waals surface area contributed by atoms with E-state index in [-0.39, 0.29) is 42.4 Å². The first-order valence-corrected chi connectivity index (χ1v) is 15.6. The summed E-state index contributed by atoms with van der Waals surface area (Å²) in [5.41, 5.74) is 0.874. The lowest BCUT2D eigenvalue weighted by molar-refractivity contribution is -0.141. The van der Waals surface area contributed by atoms with E-state index in [0.717, 1.165) is 37.7 Å². The molecule has 1 aromatic carbocycles. The lowest BCUT2D eigenvalue weighted by Gasteiger charge is -2.36. The molecule has 0 radical (unpaired) electrons. The van der Waals surface area contributed by atoms with E-state index in [9.17, 15) is 22.8 Å². The van der Waals surface area contributed by atoms with Gasteiger partial charge in [0.15, 0.2) is 0 Å². The van der Waals surface area contributed by atoms with Crippen LogP contribution in [0.15, 0.2) is 30.3 Å². The summed E-state index contributed by atoms with van der Waals surface area (Å²) in [6.07, 6.45) is 7.50. The molecule has 1 aliphatic carbocycles. The third kappa shape index (κ3) is 6.08. The SMILES string of the molecule is CC[C@@H](C)C(=O)N[C@H](C(=O)N1CC[C@@H]2[C@H]1[C@@H](C(=O)Cc1ccccc1)CN2S(C)(=O)=O)C1CCCCC1. The molecule has 2 amide bonds. The van der Waals surface area contributed by atoms with Crippen LogP contribution in [-0.2, 0) is 30.8 Å². The number of nitrogens with zero attached hydrogens (tertiary/aromatic N) is 2. The molecule has 3 fully saturated rings. The molecule has 3 aliphatic rings. The van der Waals surface area contributed by atoms with E-state index in [0.29, 0.717) is 19.4 Å². The van der Waals surface area contributed by atoms with Crippen LogP contribution < -0.4 is 5.32 Å². The summed E-state index contributed by atoms with van der Waals surface area (Å²) in [5, 5.41) is 3.07. The van der Waals surface area contributed by atoms with Gasteiger partial charge in [-0.3, -0.25) is 14.4 Å². The highest BCUT2D eigenvalue weighted by molar-refractivity contribution is 7.88. The van der Waals surface area contributed by atoms with E-state index in [4.69, 9.17) is 0 Å². The first-order valence-electron chi connectivity index (χ1n) is 13.8. The number of likely N-dealkylation sites (tertiary alicyclic amines) is 1. The Bertz CT molecular complexity index is 1090. The number of carbonyl (C=O) groups is 3. The zero-order valence-electron chi connectivity index (χ0n) is 22.3. The molecular weight excluding hydrogens is 490 g/mol. The summed E-state index contributed by atoms with van der Waals surface area (Å²) in [7, 11) is -3.55. The van der Waals surface area contributed by atoms with E-state index >= 15 is 0 Å². The van der Waals surface area contributed by atoms with Crippen LogP contribution in [-0.4, -0.2) is 72.7 Å². The number of Topliss-reactive ketones (excluding diaryl/α,β-unsaturated/α-hetero) is 1. The van der Waals surface area contributed by atoms with Crippen LogP contribution >= 0.6 is 0 Å². The van der Waals surface area contributed by atoms with Crippen LogP contribution in [0.1, 0.15) is 64.4 Å². The third-order valence-corrected chi connectivity index (χ3v) is 9.94. The molecular formula is C28H41N3O5S. The predicted molar refractivity (Wildman–Crippen MR) is 142 cm³/mol. The highest BCUT2D eigenvalue weighted by Gasteiger charge is 2.55. The Labute approximate surface area is 221 Å². The molecule has 1 N–H and O–H groups in total. The lowest BCUT2D eigenvalue weighted by Crippen LogP contribution is -2.56. The van der Waals surface area contributed by atoms with Crippen molar-refractivity contribution in [2.75, 3.05) is 19.3 Å². The van der Waals surface area contributed by atoms with Crippen molar-refractivity contribution < 1.29 is 22.8 Å². The van der Waals surface area contributed by atoms with Crippen LogP contribution in [0.3, 0.4) is 0 Å². The third-order valence-electron chi connectivity index (χ3n) is 8.67. The smallest absolute Gasteiger partial charge is 0.245 e. The minimum absolute atomic E-state index is 0.0510. The van der Waals surface area contributed by atoms with Crippen LogP contribution in [0, 0.1) is 17.8 Å². The van der Waals surface area contributed by atoms with E-state index in [2.05, 4.69) is 5.32 Å². The highest BCUT2D eigenvalue weighted by Crippen LogP contribution is 2.39. The molecule has 0 spiro atoms. The van der Waals surface area contributed by atoms with Crippen LogP contribution in [0.4, 0.5) is 0 Å². The van der Waals surface area contributed by atoms with Crippen molar-refractivity contribution in [3.63, 3.8) is 0 Å². The molecule has 0 unspecified atom stereocenters. The number of benzene rings is 1. The second-order valence-electron chi connectivity index (χ2n) is 11.1. The monoisotopic (exact) mass is 531 g/mol. The maximum absolute atomic E-state index is 14.1. The molecule has 2 aliphatic heterocycles. The average Bonchev–Trinajstić information content (AvgIpc) is 3.48. The van der Waals surface area contributed by atoms with Gasteiger partial charge in [-0.25, -0.2) is 8.42 Å². The fourth-order valence-corrected chi connectivity index (χ4v) is 7.56. The van der Waals surface area contributed by atoms with Crippen molar-refractivity contribution in [1.82, 2.24) is 14.5 Å². The summed E-state index contributed by atoms with van der Waals surface area (Å²) in [6.45, 7) is 4.30. The number of fused-ring (bicyclic) bond motifs is 1. The maximum Gasteiger partial charge on any atom is 0.245 e. The fourth-order valence-electron chi connectivity index (χ4n) is 6.40. The molecule has 4 rings (SSSR count). The molecule has 2 saturated heterocycles. The summed E-state index contributed by atoms with van der Waals surface area (Å²) >= 11 is 0. The number of nitrogens with one attached hydrogen (secondary N) is 1. The Balaban J connectivity index is 1.62. The molecule has 1 aromatic rings.